The molecule has 1 aliphatic rings. The first-order chi connectivity index (χ1) is 13.9. The Bertz CT molecular complexity index is 731. The SMILES string of the molecule is CCC(=O)C[C@H]1Cc2cccc(C(=O)OCOC(=O)OC(CC)CC)c2OB1O. The van der Waals surface area contributed by atoms with E-state index in [1.807, 2.05) is 13.8 Å². The molecule has 8 nitrogen and oxygen atoms in total. The minimum atomic E-state index is -1.20. The molecule has 1 heterocycles. The fourth-order valence-corrected chi connectivity index (χ4v) is 3.09. The van der Waals surface area contributed by atoms with E-state index in [0.29, 0.717) is 31.2 Å². The van der Waals surface area contributed by atoms with Crippen LogP contribution < -0.4 is 4.65 Å². The Hall–Kier alpha value is -2.55. The Labute approximate surface area is 170 Å². The zero-order valence-electron chi connectivity index (χ0n) is 17.0. The van der Waals surface area contributed by atoms with E-state index in [0.717, 1.165) is 0 Å². The van der Waals surface area contributed by atoms with Crippen molar-refractivity contribution in [1.29, 1.82) is 0 Å². The van der Waals surface area contributed by atoms with Crippen LogP contribution >= 0.6 is 0 Å². The Balaban J connectivity index is 1.97. The van der Waals surface area contributed by atoms with Gasteiger partial charge in [0.2, 0.25) is 6.79 Å². The molecule has 0 bridgehead atoms. The molecule has 1 aliphatic heterocycles. The van der Waals surface area contributed by atoms with Gasteiger partial charge in [-0.1, -0.05) is 32.9 Å². The van der Waals surface area contributed by atoms with Crippen LogP contribution in [0.25, 0.3) is 0 Å². The number of carbonyl (C=O) groups is 3. The lowest BCUT2D eigenvalue weighted by Gasteiger charge is -2.28. The topological polar surface area (TPSA) is 108 Å². The van der Waals surface area contributed by atoms with E-state index < -0.39 is 26.0 Å². The van der Waals surface area contributed by atoms with Crippen LogP contribution in [-0.4, -0.2) is 42.9 Å². The summed E-state index contributed by atoms with van der Waals surface area (Å²) in [7, 11) is -1.20. The number of esters is 1. The van der Waals surface area contributed by atoms with Gasteiger partial charge in [-0.25, -0.2) is 9.59 Å². The summed E-state index contributed by atoms with van der Waals surface area (Å²) < 4.78 is 20.3. The predicted octanol–water partition coefficient (Wildman–Crippen LogP) is 3.30. The number of hydrogen-bond acceptors (Lipinski definition) is 8. The highest BCUT2D eigenvalue weighted by Gasteiger charge is 2.37. The maximum absolute atomic E-state index is 12.4. The van der Waals surface area contributed by atoms with Crippen LogP contribution in [0.4, 0.5) is 4.79 Å². The second kappa shape index (κ2) is 10.9. The summed E-state index contributed by atoms with van der Waals surface area (Å²) in [6, 6.07) is 4.93. The van der Waals surface area contributed by atoms with Gasteiger partial charge < -0.3 is 23.9 Å². The minimum Gasteiger partial charge on any atom is -0.535 e. The molecule has 1 aromatic carbocycles. The summed E-state index contributed by atoms with van der Waals surface area (Å²) >= 11 is 0. The fourth-order valence-electron chi connectivity index (χ4n) is 3.09. The third-order valence-electron chi connectivity index (χ3n) is 4.87. The molecule has 1 aromatic rings. The number of hydrogen-bond donors (Lipinski definition) is 1. The summed E-state index contributed by atoms with van der Waals surface area (Å²) in [5.74, 6) is -0.879. The first-order valence-corrected chi connectivity index (χ1v) is 9.88. The quantitative estimate of drug-likeness (QED) is 0.378. The Kier molecular flexibility index (Phi) is 8.51. The summed E-state index contributed by atoms with van der Waals surface area (Å²) in [5.41, 5.74) is 0.812. The molecule has 158 valence electrons. The number of para-hydroxylation sites is 1. The lowest BCUT2D eigenvalue weighted by Crippen LogP contribution is -2.35. The fraction of sp³-hybridized carbons (Fsp3) is 0.550. The second-order valence-electron chi connectivity index (χ2n) is 6.86. The van der Waals surface area contributed by atoms with E-state index in [2.05, 4.69) is 0 Å². The Morgan fingerprint density at radius 3 is 2.59 bits per heavy atom. The maximum atomic E-state index is 12.4. The third kappa shape index (κ3) is 6.22. The average molecular weight is 406 g/mol. The molecule has 0 aliphatic carbocycles. The predicted molar refractivity (Wildman–Crippen MR) is 105 cm³/mol. The van der Waals surface area contributed by atoms with Gasteiger partial charge in [0.15, 0.2) is 0 Å². The van der Waals surface area contributed by atoms with Gasteiger partial charge in [0.1, 0.15) is 23.2 Å². The zero-order chi connectivity index (χ0) is 21.4. The van der Waals surface area contributed by atoms with Crippen LogP contribution in [0.3, 0.4) is 0 Å². The van der Waals surface area contributed by atoms with Crippen LogP contribution in [-0.2, 0) is 25.4 Å². The molecule has 1 atom stereocenters. The summed E-state index contributed by atoms with van der Waals surface area (Å²) in [5, 5.41) is 10.2. The van der Waals surface area contributed by atoms with Gasteiger partial charge in [0.05, 0.1) is 0 Å². The molecular formula is C20H27BO8. The van der Waals surface area contributed by atoms with Crippen LogP contribution in [0.2, 0.25) is 5.82 Å². The molecular weight excluding hydrogens is 379 g/mol. The molecule has 0 saturated carbocycles. The van der Waals surface area contributed by atoms with Crippen LogP contribution in [0.5, 0.6) is 5.75 Å². The van der Waals surface area contributed by atoms with E-state index in [-0.39, 0.29) is 35.4 Å². The van der Waals surface area contributed by atoms with Crippen LogP contribution in [0.15, 0.2) is 18.2 Å². The molecule has 2 rings (SSSR count). The molecule has 29 heavy (non-hydrogen) atoms. The highest BCUT2D eigenvalue weighted by Crippen LogP contribution is 2.36. The Morgan fingerprint density at radius 1 is 1.21 bits per heavy atom. The molecule has 0 saturated heterocycles. The number of Topliss-reactive ketones (excluding diaryl/α,β-unsaturated/α-hetero) is 1. The van der Waals surface area contributed by atoms with Crippen molar-refractivity contribution < 1.29 is 38.3 Å². The molecule has 0 fully saturated rings. The molecule has 1 N–H and O–H groups in total. The molecule has 0 radical (unpaired) electrons. The molecule has 0 unspecified atom stereocenters. The van der Waals surface area contributed by atoms with Crippen molar-refractivity contribution in [2.24, 2.45) is 0 Å². The first kappa shape index (κ1) is 22.7. The van der Waals surface area contributed by atoms with Gasteiger partial charge in [0.25, 0.3) is 0 Å². The first-order valence-electron chi connectivity index (χ1n) is 9.88. The van der Waals surface area contributed by atoms with Crippen molar-refractivity contribution in [3.63, 3.8) is 0 Å². The maximum Gasteiger partial charge on any atom is 0.526 e. The van der Waals surface area contributed by atoms with Crippen molar-refractivity contribution in [2.45, 2.75) is 64.8 Å². The normalized spacial score (nSPS) is 15.3. The zero-order valence-corrected chi connectivity index (χ0v) is 17.0. The highest BCUT2D eigenvalue weighted by atomic mass is 16.8. The number of benzene rings is 1. The molecule has 0 amide bonds. The summed E-state index contributed by atoms with van der Waals surface area (Å²) in [6.07, 6.45) is 1.17. The summed E-state index contributed by atoms with van der Waals surface area (Å²) in [4.78, 5) is 35.7. The Morgan fingerprint density at radius 2 is 1.93 bits per heavy atom. The average Bonchev–Trinajstić information content (AvgIpc) is 2.71. The van der Waals surface area contributed by atoms with Gasteiger partial charge >= 0.3 is 19.2 Å². The second-order valence-corrected chi connectivity index (χ2v) is 6.86. The van der Waals surface area contributed by atoms with E-state index in [4.69, 9.17) is 18.9 Å². The lowest BCUT2D eigenvalue weighted by atomic mass is 9.64. The minimum absolute atomic E-state index is 0.0362. The van der Waals surface area contributed by atoms with Crippen molar-refractivity contribution in [3.05, 3.63) is 29.3 Å². The van der Waals surface area contributed by atoms with Crippen molar-refractivity contribution in [2.75, 3.05) is 6.79 Å². The monoisotopic (exact) mass is 406 g/mol. The van der Waals surface area contributed by atoms with Gasteiger partial charge in [-0.2, -0.15) is 0 Å². The van der Waals surface area contributed by atoms with E-state index in [9.17, 15) is 19.4 Å². The van der Waals surface area contributed by atoms with E-state index in [1.165, 1.54) is 6.07 Å². The number of ketones is 1. The van der Waals surface area contributed by atoms with E-state index >= 15 is 0 Å². The summed E-state index contributed by atoms with van der Waals surface area (Å²) in [6.45, 7) is 4.94. The van der Waals surface area contributed by atoms with Crippen LogP contribution in [0.1, 0.15) is 62.4 Å². The van der Waals surface area contributed by atoms with Crippen molar-refractivity contribution in [1.82, 2.24) is 0 Å². The lowest BCUT2D eigenvalue weighted by molar-refractivity contribution is -0.119. The smallest absolute Gasteiger partial charge is 0.526 e. The highest BCUT2D eigenvalue weighted by molar-refractivity contribution is 6.47. The van der Waals surface area contributed by atoms with Crippen LogP contribution in [0, 0.1) is 0 Å². The van der Waals surface area contributed by atoms with Crippen molar-refractivity contribution >= 4 is 25.0 Å². The molecule has 0 spiro atoms. The number of fused-ring (bicyclic) bond motifs is 1. The molecule has 0 aromatic heterocycles. The van der Waals surface area contributed by atoms with Gasteiger partial charge in [0, 0.05) is 18.7 Å². The van der Waals surface area contributed by atoms with Crippen molar-refractivity contribution in [3.8, 4) is 5.75 Å². The van der Waals surface area contributed by atoms with Gasteiger partial charge in [-0.05, 0) is 30.9 Å². The number of carbonyl (C=O) groups excluding carboxylic acids is 3. The number of ether oxygens (including phenoxy) is 3. The third-order valence-corrected chi connectivity index (χ3v) is 4.87. The number of rotatable bonds is 9. The molecule has 9 heteroatoms. The van der Waals surface area contributed by atoms with Gasteiger partial charge in [-0.15, -0.1) is 0 Å². The standard InChI is InChI=1S/C20H27BO8/c1-4-15(22)11-14-10-13-8-7-9-17(18(13)29-21(14)25)19(23)26-12-27-20(24)28-16(5-2)6-3/h7-9,14,16,25H,4-6,10-12H2,1-3H3/t14-/m1/s1. The van der Waals surface area contributed by atoms with Gasteiger partial charge in [-0.3, -0.25) is 4.79 Å². The largest absolute Gasteiger partial charge is 0.535 e. The van der Waals surface area contributed by atoms with E-state index in [1.54, 1.807) is 19.1 Å².